The van der Waals surface area contributed by atoms with Crippen molar-refractivity contribution in [2.45, 2.75) is 26.2 Å². The van der Waals surface area contributed by atoms with Crippen molar-refractivity contribution >= 4 is 0 Å². The van der Waals surface area contributed by atoms with Gasteiger partial charge in [-0.05, 0) is 23.6 Å². The predicted octanol–water partition coefficient (Wildman–Crippen LogP) is 3.89. The lowest BCUT2D eigenvalue weighted by atomic mass is 9.97. The molecule has 0 bridgehead atoms. The van der Waals surface area contributed by atoms with Crippen molar-refractivity contribution in [3.63, 3.8) is 0 Å². The van der Waals surface area contributed by atoms with Crippen molar-refractivity contribution in [3.8, 4) is 0 Å². The molecule has 0 aliphatic rings. The minimum Gasteiger partial charge on any atom is -0.207 e. The zero-order chi connectivity index (χ0) is 10.0. The maximum Gasteiger partial charge on any atom is 0.264 e. The smallest absolute Gasteiger partial charge is 0.207 e. The molecule has 0 unspecified atom stereocenters. The van der Waals surface area contributed by atoms with Gasteiger partial charge in [0.2, 0.25) is 0 Å². The third-order valence-electron chi connectivity index (χ3n) is 1.91. The highest BCUT2D eigenvalue weighted by atomic mass is 19.3. The lowest BCUT2D eigenvalue weighted by Gasteiger charge is -2.11. The largest absolute Gasteiger partial charge is 0.264 e. The fraction of sp³-hybridized carbons (Fsp3) is 0.400. The van der Waals surface area contributed by atoms with E-state index in [0.29, 0.717) is 5.56 Å². The molecule has 72 valence electrons. The van der Waals surface area contributed by atoms with Gasteiger partial charge in [0.15, 0.2) is 0 Å². The maximum atomic E-state index is 12.7. The first-order chi connectivity index (χ1) is 6.02. The molecule has 0 spiro atoms. The van der Waals surface area contributed by atoms with Crippen LogP contribution in [0.5, 0.6) is 0 Å². The normalized spacial score (nSPS) is 11.3. The van der Waals surface area contributed by atoms with Gasteiger partial charge in [-0.3, -0.25) is 0 Å². The summed E-state index contributed by atoms with van der Waals surface area (Å²) in [5.41, 5.74) is 0.311. The van der Waals surface area contributed by atoms with Crippen LogP contribution in [-0.4, -0.2) is 0 Å². The topological polar surface area (TPSA) is 0 Å². The zero-order valence-corrected chi connectivity index (χ0v) is 7.52. The van der Waals surface area contributed by atoms with Gasteiger partial charge in [-0.2, -0.15) is 0 Å². The molecule has 0 amide bonds. The average Bonchev–Trinajstić information content (AvgIpc) is 2.03. The molecule has 0 nitrogen and oxygen atoms in total. The van der Waals surface area contributed by atoms with Gasteiger partial charge in [0.05, 0.1) is 0 Å². The molecule has 0 saturated carbocycles. The van der Waals surface area contributed by atoms with E-state index in [2.05, 4.69) is 0 Å². The number of hydrogen-bond acceptors (Lipinski definition) is 0. The maximum absolute atomic E-state index is 12.7. The highest BCUT2D eigenvalue weighted by molar-refractivity contribution is 5.31. The summed E-state index contributed by atoms with van der Waals surface area (Å²) in [5.74, 6) is -0.548. The Bertz CT molecular complexity index is 292. The van der Waals surface area contributed by atoms with Crippen LogP contribution in [0.25, 0.3) is 0 Å². The fourth-order valence-corrected chi connectivity index (χ4v) is 1.24. The molecule has 0 aliphatic heterocycles. The van der Waals surface area contributed by atoms with Crippen LogP contribution in [0.1, 0.15) is 37.3 Å². The molecule has 0 aliphatic carbocycles. The molecule has 0 N–H and O–H groups in total. The molecule has 1 rings (SSSR count). The van der Waals surface area contributed by atoms with Crippen molar-refractivity contribution in [2.24, 2.45) is 0 Å². The number of hydrogen-bond donors (Lipinski definition) is 0. The SMILES string of the molecule is CC(C)c1cc(F)ccc1C(F)F. The highest BCUT2D eigenvalue weighted by Gasteiger charge is 2.15. The Morgan fingerprint density at radius 1 is 1.08 bits per heavy atom. The molecule has 0 radical (unpaired) electrons. The molecule has 0 fully saturated rings. The van der Waals surface area contributed by atoms with Crippen molar-refractivity contribution in [1.82, 2.24) is 0 Å². The predicted molar refractivity (Wildman–Crippen MR) is 45.4 cm³/mol. The standard InChI is InChI=1S/C10H11F3/c1-6(2)9-5-7(11)3-4-8(9)10(12)13/h3-6,10H,1-2H3. The van der Waals surface area contributed by atoms with E-state index in [1.54, 1.807) is 13.8 Å². The lowest BCUT2D eigenvalue weighted by molar-refractivity contribution is 0.149. The first-order valence-electron chi connectivity index (χ1n) is 4.10. The van der Waals surface area contributed by atoms with E-state index < -0.39 is 12.2 Å². The van der Waals surface area contributed by atoms with Crippen LogP contribution < -0.4 is 0 Å². The molecule has 0 aromatic heterocycles. The van der Waals surface area contributed by atoms with Gasteiger partial charge < -0.3 is 0 Å². The van der Waals surface area contributed by atoms with Crippen LogP contribution in [0.2, 0.25) is 0 Å². The molecule has 0 heterocycles. The fourth-order valence-electron chi connectivity index (χ4n) is 1.24. The molecule has 0 atom stereocenters. The molecule has 1 aromatic rings. The van der Waals surface area contributed by atoms with Gasteiger partial charge in [-0.1, -0.05) is 19.9 Å². The van der Waals surface area contributed by atoms with Crippen LogP contribution in [0.15, 0.2) is 18.2 Å². The number of alkyl halides is 2. The van der Waals surface area contributed by atoms with E-state index in [-0.39, 0.29) is 11.5 Å². The minimum absolute atomic E-state index is 0.0728. The van der Waals surface area contributed by atoms with E-state index in [9.17, 15) is 13.2 Å². The average molecular weight is 188 g/mol. The van der Waals surface area contributed by atoms with Crippen LogP contribution in [0.4, 0.5) is 13.2 Å². The number of halogens is 3. The van der Waals surface area contributed by atoms with E-state index in [1.165, 1.54) is 6.07 Å². The summed E-state index contributed by atoms with van der Waals surface area (Å²) in [5, 5.41) is 0. The molecule has 13 heavy (non-hydrogen) atoms. The van der Waals surface area contributed by atoms with Crippen molar-refractivity contribution in [1.29, 1.82) is 0 Å². The molecule has 0 saturated heterocycles. The Morgan fingerprint density at radius 3 is 2.15 bits per heavy atom. The van der Waals surface area contributed by atoms with Gasteiger partial charge in [0.25, 0.3) is 6.43 Å². The Morgan fingerprint density at radius 2 is 1.69 bits per heavy atom. The molecular formula is C10H11F3. The van der Waals surface area contributed by atoms with Crippen LogP contribution in [0.3, 0.4) is 0 Å². The van der Waals surface area contributed by atoms with Crippen LogP contribution in [0, 0.1) is 5.82 Å². The Labute approximate surface area is 75.4 Å². The lowest BCUT2D eigenvalue weighted by Crippen LogP contribution is -1.97. The van der Waals surface area contributed by atoms with Crippen LogP contribution >= 0.6 is 0 Å². The van der Waals surface area contributed by atoms with Crippen molar-refractivity contribution < 1.29 is 13.2 Å². The van der Waals surface area contributed by atoms with Gasteiger partial charge in [-0.25, -0.2) is 13.2 Å². The minimum atomic E-state index is -2.53. The second kappa shape index (κ2) is 3.81. The van der Waals surface area contributed by atoms with Gasteiger partial charge in [0.1, 0.15) is 5.82 Å². The van der Waals surface area contributed by atoms with Crippen LogP contribution in [-0.2, 0) is 0 Å². The summed E-state index contributed by atoms with van der Waals surface area (Å²) in [6, 6.07) is 3.38. The van der Waals surface area contributed by atoms with E-state index >= 15 is 0 Å². The first kappa shape index (κ1) is 10.1. The summed E-state index contributed by atoms with van der Waals surface area (Å²) >= 11 is 0. The Hall–Kier alpha value is -0.990. The molecular weight excluding hydrogens is 177 g/mol. The number of benzene rings is 1. The Kier molecular flexibility index (Phi) is 2.96. The second-order valence-electron chi connectivity index (χ2n) is 3.23. The monoisotopic (exact) mass is 188 g/mol. The number of rotatable bonds is 2. The van der Waals surface area contributed by atoms with E-state index in [0.717, 1.165) is 12.1 Å². The summed E-state index contributed by atoms with van der Waals surface area (Å²) in [4.78, 5) is 0. The van der Waals surface area contributed by atoms with Gasteiger partial charge >= 0.3 is 0 Å². The molecule has 3 heteroatoms. The highest BCUT2D eigenvalue weighted by Crippen LogP contribution is 2.28. The van der Waals surface area contributed by atoms with Crippen molar-refractivity contribution in [2.75, 3.05) is 0 Å². The third-order valence-corrected chi connectivity index (χ3v) is 1.91. The first-order valence-corrected chi connectivity index (χ1v) is 4.10. The third kappa shape index (κ3) is 2.23. The van der Waals surface area contributed by atoms with Gasteiger partial charge in [0, 0.05) is 5.56 Å². The summed E-state index contributed by atoms with van der Waals surface area (Å²) in [7, 11) is 0. The van der Waals surface area contributed by atoms with Gasteiger partial charge in [-0.15, -0.1) is 0 Å². The van der Waals surface area contributed by atoms with E-state index in [1.807, 2.05) is 0 Å². The van der Waals surface area contributed by atoms with Crippen molar-refractivity contribution in [3.05, 3.63) is 35.1 Å². The summed E-state index contributed by atoms with van der Waals surface area (Å²) in [6.45, 7) is 3.53. The van der Waals surface area contributed by atoms with E-state index in [4.69, 9.17) is 0 Å². The molecule has 1 aromatic carbocycles. The zero-order valence-electron chi connectivity index (χ0n) is 7.52. The summed E-state index contributed by atoms with van der Waals surface area (Å²) in [6.07, 6.45) is -2.53. The second-order valence-corrected chi connectivity index (χ2v) is 3.23. The quantitative estimate of drug-likeness (QED) is 0.660. The Balaban J connectivity index is 3.19. The summed E-state index contributed by atoms with van der Waals surface area (Å²) < 4.78 is 37.5.